The molecule has 94 valence electrons. The molecule has 0 saturated heterocycles. The number of nitrogens with two attached hydrogens (primary N) is 1. The molecule has 0 atom stereocenters. The van der Waals surface area contributed by atoms with Gasteiger partial charge in [0.05, 0.1) is 19.4 Å². The van der Waals surface area contributed by atoms with E-state index in [9.17, 15) is 5.11 Å². The quantitative estimate of drug-likeness (QED) is 0.828. The first-order valence-corrected chi connectivity index (χ1v) is 6.08. The van der Waals surface area contributed by atoms with Gasteiger partial charge in [0.15, 0.2) is 0 Å². The highest BCUT2D eigenvalue weighted by atomic mass is 16.5. The molecule has 1 aliphatic rings. The van der Waals surface area contributed by atoms with Crippen molar-refractivity contribution in [3.8, 4) is 5.75 Å². The van der Waals surface area contributed by atoms with Crippen LogP contribution in [0.4, 0.5) is 0 Å². The Morgan fingerprint density at radius 2 is 2.18 bits per heavy atom. The number of aromatic nitrogens is 1. The lowest BCUT2D eigenvalue weighted by Gasteiger charge is -2.38. The van der Waals surface area contributed by atoms with Crippen molar-refractivity contribution >= 4 is 0 Å². The Hall–Kier alpha value is -1.13. The summed E-state index contributed by atoms with van der Waals surface area (Å²) in [6.45, 7) is 0.592. The van der Waals surface area contributed by atoms with Crippen molar-refractivity contribution in [1.82, 2.24) is 4.98 Å². The van der Waals surface area contributed by atoms with E-state index in [1.807, 2.05) is 12.3 Å². The fourth-order valence-electron chi connectivity index (χ4n) is 2.59. The predicted octanol–water partition coefficient (Wildman–Crippen LogP) is 1.22. The molecule has 4 heteroatoms. The third-order valence-electron chi connectivity index (χ3n) is 3.86. The Bertz CT molecular complexity index is 373. The molecule has 0 amide bonds. The van der Waals surface area contributed by atoms with Gasteiger partial charge in [-0.25, -0.2) is 0 Å². The fourth-order valence-corrected chi connectivity index (χ4v) is 2.59. The van der Waals surface area contributed by atoms with Crippen LogP contribution >= 0.6 is 0 Å². The highest BCUT2D eigenvalue weighted by Gasteiger charge is 2.35. The summed E-state index contributed by atoms with van der Waals surface area (Å²) in [7, 11) is 1.64. The molecule has 0 unspecified atom stereocenters. The zero-order valence-corrected chi connectivity index (χ0v) is 10.2. The maximum absolute atomic E-state index is 9.60. The topological polar surface area (TPSA) is 68.4 Å². The number of aliphatic hydroxyl groups is 1. The molecule has 3 N–H and O–H groups in total. The predicted molar refractivity (Wildman–Crippen MR) is 66.0 cm³/mol. The second kappa shape index (κ2) is 5.02. The van der Waals surface area contributed by atoms with Crippen LogP contribution in [0.2, 0.25) is 0 Å². The van der Waals surface area contributed by atoms with Crippen LogP contribution in [0.3, 0.4) is 0 Å². The maximum atomic E-state index is 9.60. The molecule has 1 aliphatic carbocycles. The molecule has 1 aromatic rings. The van der Waals surface area contributed by atoms with Crippen molar-refractivity contribution in [2.45, 2.75) is 37.2 Å². The maximum Gasteiger partial charge on any atom is 0.137 e. The minimum absolute atomic E-state index is 0.0409. The van der Waals surface area contributed by atoms with Crippen LogP contribution in [0.1, 0.15) is 31.2 Å². The van der Waals surface area contributed by atoms with Crippen LogP contribution in [0.15, 0.2) is 18.5 Å². The lowest BCUT2D eigenvalue weighted by molar-refractivity contribution is 0.0973. The minimum Gasteiger partial charge on any atom is -0.495 e. The molecule has 0 aromatic carbocycles. The van der Waals surface area contributed by atoms with Gasteiger partial charge in [0.25, 0.3) is 0 Å². The van der Waals surface area contributed by atoms with E-state index in [0.717, 1.165) is 37.0 Å². The Morgan fingerprint density at radius 1 is 1.47 bits per heavy atom. The standard InChI is InChI=1S/C13H20N2O2/c1-17-12-6-10(7-15-8-12)13(9-14)4-2-11(16)3-5-13/h6-8,11,16H,2-5,9,14H2,1H3. The van der Waals surface area contributed by atoms with E-state index < -0.39 is 0 Å². The number of ether oxygens (including phenoxy) is 1. The Morgan fingerprint density at radius 3 is 2.76 bits per heavy atom. The smallest absolute Gasteiger partial charge is 0.137 e. The van der Waals surface area contributed by atoms with E-state index in [2.05, 4.69) is 4.98 Å². The number of nitrogens with zero attached hydrogens (tertiary/aromatic N) is 1. The van der Waals surface area contributed by atoms with Gasteiger partial charge in [-0.05, 0) is 37.3 Å². The molecule has 2 rings (SSSR count). The van der Waals surface area contributed by atoms with Gasteiger partial charge in [-0.15, -0.1) is 0 Å². The molecule has 0 radical (unpaired) electrons. The van der Waals surface area contributed by atoms with Gasteiger partial charge >= 0.3 is 0 Å². The molecule has 1 saturated carbocycles. The molecular formula is C13H20N2O2. The van der Waals surface area contributed by atoms with Crippen molar-refractivity contribution in [1.29, 1.82) is 0 Å². The summed E-state index contributed by atoms with van der Waals surface area (Å²) in [6.07, 6.45) is 6.86. The van der Waals surface area contributed by atoms with Gasteiger partial charge < -0.3 is 15.6 Å². The highest BCUT2D eigenvalue weighted by Crippen LogP contribution is 2.39. The van der Waals surface area contributed by atoms with E-state index in [-0.39, 0.29) is 11.5 Å². The second-order valence-corrected chi connectivity index (χ2v) is 4.83. The summed E-state index contributed by atoms with van der Waals surface area (Å²) in [4.78, 5) is 4.20. The summed E-state index contributed by atoms with van der Waals surface area (Å²) < 4.78 is 5.20. The third kappa shape index (κ3) is 2.42. The van der Waals surface area contributed by atoms with Crippen LogP contribution in [0, 0.1) is 0 Å². The Balaban J connectivity index is 2.27. The normalized spacial score (nSPS) is 29.0. The number of pyridine rings is 1. The van der Waals surface area contributed by atoms with Crippen LogP contribution in [-0.4, -0.2) is 29.8 Å². The molecule has 1 fully saturated rings. The molecule has 4 nitrogen and oxygen atoms in total. The minimum atomic E-state index is -0.173. The number of hydrogen-bond acceptors (Lipinski definition) is 4. The summed E-state index contributed by atoms with van der Waals surface area (Å²) in [6, 6.07) is 2.01. The first-order chi connectivity index (χ1) is 8.20. The molecule has 1 aromatic heterocycles. The summed E-state index contributed by atoms with van der Waals surface area (Å²) in [5.41, 5.74) is 7.05. The monoisotopic (exact) mass is 236 g/mol. The summed E-state index contributed by atoms with van der Waals surface area (Å²) in [5.74, 6) is 0.765. The van der Waals surface area contributed by atoms with Gasteiger partial charge in [-0.3, -0.25) is 4.98 Å². The van der Waals surface area contributed by atoms with Crippen LogP contribution in [-0.2, 0) is 5.41 Å². The number of aliphatic hydroxyl groups excluding tert-OH is 1. The first kappa shape index (κ1) is 12.3. The van der Waals surface area contributed by atoms with Crippen molar-refractivity contribution < 1.29 is 9.84 Å². The summed E-state index contributed by atoms with van der Waals surface area (Å²) >= 11 is 0. The van der Waals surface area contributed by atoms with Crippen molar-refractivity contribution in [3.05, 3.63) is 24.0 Å². The lowest BCUT2D eigenvalue weighted by Crippen LogP contribution is -2.40. The molecule has 17 heavy (non-hydrogen) atoms. The largest absolute Gasteiger partial charge is 0.495 e. The Kier molecular flexibility index (Phi) is 3.64. The van der Waals surface area contributed by atoms with Crippen molar-refractivity contribution in [3.63, 3.8) is 0 Å². The lowest BCUT2D eigenvalue weighted by atomic mass is 9.69. The highest BCUT2D eigenvalue weighted by molar-refractivity contribution is 5.31. The van der Waals surface area contributed by atoms with Crippen molar-refractivity contribution in [2.24, 2.45) is 5.73 Å². The average molecular weight is 236 g/mol. The van der Waals surface area contributed by atoms with Gasteiger partial charge in [-0.1, -0.05) is 0 Å². The molecule has 1 heterocycles. The van der Waals surface area contributed by atoms with Gasteiger partial charge in [0, 0.05) is 18.2 Å². The van der Waals surface area contributed by atoms with Crippen LogP contribution < -0.4 is 10.5 Å². The van der Waals surface area contributed by atoms with Crippen LogP contribution in [0.5, 0.6) is 5.75 Å². The zero-order valence-electron chi connectivity index (χ0n) is 10.2. The van der Waals surface area contributed by atoms with Gasteiger partial charge in [0.1, 0.15) is 5.75 Å². The third-order valence-corrected chi connectivity index (χ3v) is 3.86. The first-order valence-electron chi connectivity index (χ1n) is 6.08. The SMILES string of the molecule is COc1cncc(C2(CN)CCC(O)CC2)c1. The van der Waals surface area contributed by atoms with E-state index in [0.29, 0.717) is 6.54 Å². The number of hydrogen-bond donors (Lipinski definition) is 2. The summed E-state index contributed by atoms with van der Waals surface area (Å²) in [5, 5.41) is 9.60. The van der Waals surface area contributed by atoms with Gasteiger partial charge in [-0.2, -0.15) is 0 Å². The number of methoxy groups -OCH3 is 1. The second-order valence-electron chi connectivity index (χ2n) is 4.83. The van der Waals surface area contributed by atoms with Gasteiger partial charge in [0.2, 0.25) is 0 Å². The molecule has 0 spiro atoms. The van der Waals surface area contributed by atoms with E-state index in [1.165, 1.54) is 0 Å². The van der Waals surface area contributed by atoms with E-state index >= 15 is 0 Å². The molecule has 0 aliphatic heterocycles. The van der Waals surface area contributed by atoms with E-state index in [4.69, 9.17) is 10.5 Å². The number of rotatable bonds is 3. The van der Waals surface area contributed by atoms with E-state index in [1.54, 1.807) is 13.3 Å². The Labute approximate surface area is 102 Å². The fraction of sp³-hybridized carbons (Fsp3) is 0.615. The molecular weight excluding hydrogens is 216 g/mol. The zero-order chi connectivity index (χ0) is 12.3. The average Bonchev–Trinajstić information content (AvgIpc) is 2.40. The van der Waals surface area contributed by atoms with Crippen molar-refractivity contribution in [2.75, 3.05) is 13.7 Å². The molecule has 0 bridgehead atoms. The van der Waals surface area contributed by atoms with Crippen LogP contribution in [0.25, 0.3) is 0 Å².